The highest BCUT2D eigenvalue weighted by Crippen LogP contribution is 2.43. The van der Waals surface area contributed by atoms with E-state index >= 15 is 8.78 Å². The van der Waals surface area contributed by atoms with Crippen molar-refractivity contribution >= 4 is 23.7 Å². The Bertz CT molecular complexity index is 1630. The third-order valence-electron chi connectivity index (χ3n) is 6.37. The lowest BCUT2D eigenvalue weighted by Crippen LogP contribution is -2.45. The molecular formula is C30H23F2N3O7. The quantitative estimate of drug-likeness (QED) is 0.311. The molecule has 0 bridgehead atoms. The molecule has 1 N–H and O–H groups in total. The van der Waals surface area contributed by atoms with E-state index in [1.54, 1.807) is 54.6 Å². The lowest BCUT2D eigenvalue weighted by atomic mass is 10.1. The van der Waals surface area contributed by atoms with E-state index in [1.807, 2.05) is 0 Å². The molecule has 12 heteroatoms. The summed E-state index contributed by atoms with van der Waals surface area (Å²) < 4.78 is 47.9. The van der Waals surface area contributed by atoms with Crippen molar-refractivity contribution in [1.82, 2.24) is 9.55 Å². The van der Waals surface area contributed by atoms with Crippen molar-refractivity contribution in [1.29, 1.82) is 0 Å². The van der Waals surface area contributed by atoms with Crippen molar-refractivity contribution in [2.45, 2.75) is 24.4 Å². The monoisotopic (exact) mass is 575 g/mol. The van der Waals surface area contributed by atoms with Gasteiger partial charge < -0.3 is 19.5 Å². The van der Waals surface area contributed by atoms with Gasteiger partial charge in [-0.05, 0) is 42.5 Å². The number of rotatable bonds is 8. The van der Waals surface area contributed by atoms with Gasteiger partial charge in [-0.2, -0.15) is 13.8 Å². The predicted octanol–water partition coefficient (Wildman–Crippen LogP) is 4.11. The molecule has 4 aromatic rings. The number of nitrogens with one attached hydrogen (secondary N) is 1. The van der Waals surface area contributed by atoms with Gasteiger partial charge in [-0.25, -0.2) is 14.4 Å². The zero-order valence-corrected chi connectivity index (χ0v) is 21.8. The highest BCUT2D eigenvalue weighted by molar-refractivity contribution is 6.03. The molecule has 42 heavy (non-hydrogen) atoms. The number of benzene rings is 3. The van der Waals surface area contributed by atoms with Crippen LogP contribution < -0.4 is 11.0 Å². The molecular weight excluding hydrogens is 552 g/mol. The van der Waals surface area contributed by atoms with E-state index < -0.39 is 54.5 Å². The van der Waals surface area contributed by atoms with E-state index in [-0.39, 0.29) is 16.9 Å². The zero-order valence-electron chi connectivity index (χ0n) is 21.8. The third-order valence-corrected chi connectivity index (χ3v) is 6.37. The molecule has 5 rings (SSSR count). The highest BCUT2D eigenvalue weighted by Gasteiger charge is 2.62. The summed E-state index contributed by atoms with van der Waals surface area (Å²) in [4.78, 5) is 54.3. The van der Waals surface area contributed by atoms with Crippen LogP contribution in [-0.2, 0) is 14.2 Å². The number of carbonyl (C=O) groups is 3. The molecule has 1 fully saturated rings. The summed E-state index contributed by atoms with van der Waals surface area (Å²) in [6, 6.07) is 24.5. The Labute approximate surface area is 237 Å². The Morgan fingerprint density at radius 3 is 1.95 bits per heavy atom. The minimum absolute atomic E-state index is 0.00421. The maximum absolute atomic E-state index is 15.7. The minimum atomic E-state index is -3.90. The van der Waals surface area contributed by atoms with Gasteiger partial charge in [-0.1, -0.05) is 54.6 Å². The summed E-state index contributed by atoms with van der Waals surface area (Å²) in [5.41, 5.74) is -0.626. The van der Waals surface area contributed by atoms with Crippen LogP contribution in [-0.4, -0.2) is 52.1 Å². The van der Waals surface area contributed by atoms with Gasteiger partial charge in [0, 0.05) is 11.8 Å². The maximum Gasteiger partial charge on any atom is 0.351 e. The SMILES string of the molecule is O=C(Nc1ccn([C@H]2O[C@H](COC(=O)c3ccccc3)C(F)(F)[C@@H]2OC(=O)c2ccccc2)c(=O)n1)c1ccccc1. The van der Waals surface area contributed by atoms with Crippen molar-refractivity contribution in [2.24, 2.45) is 0 Å². The number of aromatic nitrogens is 2. The van der Waals surface area contributed by atoms with Crippen LogP contribution in [0, 0.1) is 0 Å². The number of esters is 2. The Morgan fingerprint density at radius 1 is 0.833 bits per heavy atom. The minimum Gasteiger partial charge on any atom is -0.459 e. The van der Waals surface area contributed by atoms with Gasteiger partial charge in [-0.3, -0.25) is 9.36 Å². The molecule has 214 valence electrons. The van der Waals surface area contributed by atoms with E-state index in [2.05, 4.69) is 10.3 Å². The predicted molar refractivity (Wildman–Crippen MR) is 144 cm³/mol. The summed E-state index contributed by atoms with van der Waals surface area (Å²) in [5, 5.41) is 2.46. The highest BCUT2D eigenvalue weighted by atomic mass is 19.3. The fraction of sp³-hybridized carbons (Fsp3) is 0.167. The number of alkyl halides is 2. The van der Waals surface area contributed by atoms with Crippen LogP contribution in [0.5, 0.6) is 0 Å². The Balaban J connectivity index is 1.40. The normalized spacial score (nSPS) is 19.0. The molecule has 1 aromatic heterocycles. The lowest BCUT2D eigenvalue weighted by Gasteiger charge is -2.24. The van der Waals surface area contributed by atoms with Gasteiger partial charge in [0.1, 0.15) is 12.4 Å². The van der Waals surface area contributed by atoms with E-state index in [4.69, 9.17) is 14.2 Å². The number of hydrogen-bond donors (Lipinski definition) is 1. The summed E-state index contributed by atoms with van der Waals surface area (Å²) in [6.45, 7) is -0.899. The molecule has 0 spiro atoms. The molecule has 3 aromatic carbocycles. The Kier molecular flexibility index (Phi) is 8.16. The summed E-state index contributed by atoms with van der Waals surface area (Å²) >= 11 is 0. The third kappa shape index (κ3) is 6.08. The first-order valence-electron chi connectivity index (χ1n) is 12.7. The van der Waals surface area contributed by atoms with Gasteiger partial charge in [0.25, 0.3) is 5.91 Å². The Hall–Kier alpha value is -5.23. The van der Waals surface area contributed by atoms with Gasteiger partial charge in [0.15, 0.2) is 12.3 Å². The number of amides is 1. The smallest absolute Gasteiger partial charge is 0.351 e. The fourth-order valence-electron chi connectivity index (χ4n) is 4.22. The van der Waals surface area contributed by atoms with E-state index in [1.165, 1.54) is 42.5 Å². The number of anilines is 1. The number of carbonyl (C=O) groups excluding carboxylic acids is 3. The number of hydrogen-bond acceptors (Lipinski definition) is 8. The second kappa shape index (κ2) is 12.1. The van der Waals surface area contributed by atoms with E-state index in [0.717, 1.165) is 6.20 Å². The fourth-order valence-corrected chi connectivity index (χ4v) is 4.22. The van der Waals surface area contributed by atoms with E-state index in [9.17, 15) is 19.2 Å². The molecule has 3 atom stereocenters. The first-order chi connectivity index (χ1) is 20.2. The molecule has 2 heterocycles. The van der Waals surface area contributed by atoms with Crippen LogP contribution in [0.2, 0.25) is 0 Å². The number of halogens is 2. The van der Waals surface area contributed by atoms with Gasteiger partial charge >= 0.3 is 23.6 Å². The second-order valence-corrected chi connectivity index (χ2v) is 9.17. The largest absolute Gasteiger partial charge is 0.459 e. The number of nitrogens with zero attached hydrogens (tertiary/aromatic N) is 2. The maximum atomic E-state index is 15.7. The molecule has 0 unspecified atom stereocenters. The molecule has 0 radical (unpaired) electrons. The molecule has 1 saturated heterocycles. The van der Waals surface area contributed by atoms with Crippen molar-refractivity contribution in [3.63, 3.8) is 0 Å². The molecule has 10 nitrogen and oxygen atoms in total. The van der Waals surface area contributed by atoms with E-state index in [0.29, 0.717) is 10.1 Å². The van der Waals surface area contributed by atoms with Gasteiger partial charge in [0.2, 0.25) is 6.10 Å². The average Bonchev–Trinajstić information content (AvgIpc) is 3.25. The van der Waals surface area contributed by atoms with Gasteiger partial charge in [0.05, 0.1) is 11.1 Å². The van der Waals surface area contributed by atoms with Gasteiger partial charge in [-0.15, -0.1) is 0 Å². The van der Waals surface area contributed by atoms with Crippen molar-refractivity contribution in [2.75, 3.05) is 11.9 Å². The van der Waals surface area contributed by atoms with Crippen LogP contribution in [0.3, 0.4) is 0 Å². The average molecular weight is 576 g/mol. The van der Waals surface area contributed by atoms with Crippen LogP contribution >= 0.6 is 0 Å². The van der Waals surface area contributed by atoms with Crippen LogP contribution in [0.15, 0.2) is 108 Å². The van der Waals surface area contributed by atoms with Crippen LogP contribution in [0.25, 0.3) is 0 Å². The number of ether oxygens (including phenoxy) is 3. The molecule has 1 aliphatic heterocycles. The standard InChI is InChI=1S/C30H23F2N3O7/c31-30(32)22(18-40-27(37)20-12-6-2-7-13-20)41-26(24(30)42-28(38)21-14-8-3-9-15-21)35-17-16-23(34-29(35)39)33-25(36)19-10-4-1-5-11-19/h1-17,22,24,26H,18H2,(H,33,34,36,39)/t22-,24-,26+/m1/s1. The zero-order chi connectivity index (χ0) is 29.7. The first kappa shape index (κ1) is 28.3. The molecule has 1 aliphatic rings. The second-order valence-electron chi connectivity index (χ2n) is 9.17. The lowest BCUT2D eigenvalue weighted by molar-refractivity contribution is -0.127. The van der Waals surface area contributed by atoms with Crippen molar-refractivity contribution in [3.05, 3.63) is 130 Å². The summed E-state index contributed by atoms with van der Waals surface area (Å²) in [7, 11) is 0. The first-order valence-corrected chi connectivity index (χ1v) is 12.7. The van der Waals surface area contributed by atoms with Crippen LogP contribution in [0.1, 0.15) is 37.3 Å². The topological polar surface area (TPSA) is 126 Å². The van der Waals surface area contributed by atoms with Crippen molar-refractivity contribution < 1.29 is 37.4 Å². The van der Waals surface area contributed by atoms with Crippen LogP contribution in [0.4, 0.5) is 14.6 Å². The Morgan fingerprint density at radius 2 is 1.38 bits per heavy atom. The van der Waals surface area contributed by atoms with Crippen molar-refractivity contribution in [3.8, 4) is 0 Å². The molecule has 1 amide bonds. The molecule has 0 saturated carbocycles. The molecule has 0 aliphatic carbocycles. The summed E-state index contributed by atoms with van der Waals surface area (Å²) in [5.74, 6) is -6.52. The summed E-state index contributed by atoms with van der Waals surface area (Å²) in [6.07, 6.45) is -5.13.